The second-order valence-corrected chi connectivity index (χ2v) is 8.38. The van der Waals surface area contributed by atoms with Gasteiger partial charge in [-0.2, -0.15) is 0 Å². The Morgan fingerprint density at radius 2 is 1.31 bits per heavy atom. The predicted molar refractivity (Wildman–Crippen MR) is 130 cm³/mol. The van der Waals surface area contributed by atoms with Gasteiger partial charge in [-0.3, -0.25) is 9.59 Å². The third-order valence-electron chi connectivity index (χ3n) is 5.44. The molecular formula is C26H44N2O4. The van der Waals surface area contributed by atoms with Crippen LogP contribution in [-0.4, -0.2) is 38.1 Å². The van der Waals surface area contributed by atoms with E-state index in [4.69, 9.17) is 9.47 Å². The van der Waals surface area contributed by atoms with Crippen molar-refractivity contribution in [1.29, 1.82) is 0 Å². The Bertz CT molecular complexity index is 619. The molecule has 2 N–H and O–H groups in total. The fraction of sp³-hybridized carbons (Fsp3) is 0.692. The Morgan fingerprint density at radius 3 is 1.88 bits per heavy atom. The van der Waals surface area contributed by atoms with Crippen molar-refractivity contribution in [3.63, 3.8) is 0 Å². The van der Waals surface area contributed by atoms with Crippen LogP contribution in [0.1, 0.15) is 90.9 Å². The lowest BCUT2D eigenvalue weighted by atomic mass is 10.1. The minimum atomic E-state index is -0.274. The number of methoxy groups -OCH3 is 1. The molecular weight excluding hydrogens is 404 g/mol. The lowest BCUT2D eigenvalue weighted by molar-refractivity contribution is -0.124. The Balaban J connectivity index is 2.47. The zero-order valence-corrected chi connectivity index (χ0v) is 20.4. The standard InChI is InChI=1S/C26H44N2O4/c1-4-6-8-10-12-14-25(29)27-20-22(28-26(30)15-13-11-9-7-5-2)21-32-24-18-16-23(31-3)17-19-24/h16-19,22H,4-15,20-21H2,1-3H3,(H,27,29)(H,28,30)/t22-/m1/s1. The van der Waals surface area contributed by atoms with Crippen LogP contribution in [0.2, 0.25) is 0 Å². The van der Waals surface area contributed by atoms with E-state index in [-0.39, 0.29) is 17.9 Å². The van der Waals surface area contributed by atoms with Gasteiger partial charge in [-0.05, 0) is 37.1 Å². The number of rotatable bonds is 19. The Kier molecular flexibility index (Phi) is 15.9. The first-order valence-electron chi connectivity index (χ1n) is 12.4. The Hall–Kier alpha value is -2.24. The molecule has 0 bridgehead atoms. The molecule has 1 atom stereocenters. The molecule has 0 fully saturated rings. The highest BCUT2D eigenvalue weighted by Gasteiger charge is 2.15. The lowest BCUT2D eigenvalue weighted by Crippen LogP contribution is -2.47. The van der Waals surface area contributed by atoms with Gasteiger partial charge in [0.25, 0.3) is 0 Å². The van der Waals surface area contributed by atoms with E-state index in [0.29, 0.717) is 31.7 Å². The van der Waals surface area contributed by atoms with Crippen LogP contribution in [0, 0.1) is 0 Å². The van der Waals surface area contributed by atoms with Crippen molar-refractivity contribution in [1.82, 2.24) is 10.6 Å². The maximum Gasteiger partial charge on any atom is 0.220 e. The summed E-state index contributed by atoms with van der Waals surface area (Å²) in [5, 5.41) is 6.00. The third-order valence-corrected chi connectivity index (χ3v) is 5.44. The summed E-state index contributed by atoms with van der Waals surface area (Å²) >= 11 is 0. The minimum Gasteiger partial charge on any atom is -0.497 e. The number of hydrogen-bond donors (Lipinski definition) is 2. The molecule has 0 spiro atoms. The molecule has 0 aliphatic heterocycles. The molecule has 0 aromatic heterocycles. The number of nitrogens with one attached hydrogen (secondary N) is 2. The monoisotopic (exact) mass is 448 g/mol. The van der Waals surface area contributed by atoms with Crippen molar-refractivity contribution < 1.29 is 19.1 Å². The van der Waals surface area contributed by atoms with E-state index < -0.39 is 0 Å². The highest BCUT2D eigenvalue weighted by molar-refractivity contribution is 5.77. The average molecular weight is 449 g/mol. The zero-order valence-electron chi connectivity index (χ0n) is 20.4. The fourth-order valence-electron chi connectivity index (χ4n) is 3.42. The van der Waals surface area contributed by atoms with Crippen LogP contribution in [0.4, 0.5) is 0 Å². The first kappa shape index (κ1) is 27.8. The van der Waals surface area contributed by atoms with Crippen LogP contribution in [0.15, 0.2) is 24.3 Å². The molecule has 2 amide bonds. The van der Waals surface area contributed by atoms with Crippen LogP contribution >= 0.6 is 0 Å². The largest absolute Gasteiger partial charge is 0.497 e. The SMILES string of the molecule is CCCCCCCC(=O)NC[C@H](COc1ccc(OC)cc1)NC(=O)CCCCCCC. The number of benzene rings is 1. The van der Waals surface area contributed by atoms with Gasteiger partial charge in [-0.25, -0.2) is 0 Å². The fourth-order valence-corrected chi connectivity index (χ4v) is 3.42. The summed E-state index contributed by atoms with van der Waals surface area (Å²) in [6.07, 6.45) is 12.2. The number of unbranched alkanes of at least 4 members (excludes halogenated alkanes) is 8. The molecule has 1 aromatic carbocycles. The van der Waals surface area contributed by atoms with Gasteiger partial charge in [0.15, 0.2) is 0 Å². The average Bonchev–Trinajstić information content (AvgIpc) is 2.80. The van der Waals surface area contributed by atoms with Gasteiger partial charge in [-0.15, -0.1) is 0 Å². The van der Waals surface area contributed by atoms with Crippen molar-refractivity contribution in [2.75, 3.05) is 20.3 Å². The normalized spacial score (nSPS) is 11.6. The smallest absolute Gasteiger partial charge is 0.220 e. The summed E-state index contributed by atoms with van der Waals surface area (Å²) in [7, 11) is 1.62. The summed E-state index contributed by atoms with van der Waals surface area (Å²) in [5.74, 6) is 1.51. The molecule has 0 heterocycles. The minimum absolute atomic E-state index is 0.0126. The van der Waals surface area contributed by atoms with Gasteiger partial charge in [0.1, 0.15) is 18.1 Å². The summed E-state index contributed by atoms with van der Waals surface area (Å²) in [5.41, 5.74) is 0. The summed E-state index contributed by atoms with van der Waals surface area (Å²) in [6.45, 7) is 5.02. The number of ether oxygens (including phenoxy) is 2. The van der Waals surface area contributed by atoms with Crippen molar-refractivity contribution in [3.05, 3.63) is 24.3 Å². The van der Waals surface area contributed by atoms with Crippen LogP contribution in [0.25, 0.3) is 0 Å². The van der Waals surface area contributed by atoms with Crippen LogP contribution in [-0.2, 0) is 9.59 Å². The van der Waals surface area contributed by atoms with Crippen LogP contribution in [0.5, 0.6) is 11.5 Å². The molecule has 182 valence electrons. The van der Waals surface area contributed by atoms with Gasteiger partial charge in [0, 0.05) is 19.4 Å². The highest BCUT2D eigenvalue weighted by Crippen LogP contribution is 2.17. The molecule has 0 saturated heterocycles. The first-order valence-corrected chi connectivity index (χ1v) is 12.4. The molecule has 1 aromatic rings. The van der Waals surface area contributed by atoms with E-state index in [2.05, 4.69) is 24.5 Å². The van der Waals surface area contributed by atoms with E-state index in [1.165, 1.54) is 38.5 Å². The molecule has 32 heavy (non-hydrogen) atoms. The number of hydrogen-bond acceptors (Lipinski definition) is 4. The maximum absolute atomic E-state index is 12.4. The predicted octanol–water partition coefficient (Wildman–Crippen LogP) is 5.40. The number of carbonyl (C=O) groups is 2. The molecule has 6 heteroatoms. The number of carbonyl (C=O) groups excluding carboxylic acids is 2. The topological polar surface area (TPSA) is 76.7 Å². The Labute approximate surface area is 194 Å². The third kappa shape index (κ3) is 13.9. The molecule has 0 unspecified atom stereocenters. The summed E-state index contributed by atoms with van der Waals surface area (Å²) in [6, 6.07) is 7.06. The Morgan fingerprint density at radius 1 is 0.781 bits per heavy atom. The quantitative estimate of drug-likeness (QED) is 0.278. The second kappa shape index (κ2) is 18.3. The molecule has 6 nitrogen and oxygen atoms in total. The number of amides is 2. The van der Waals surface area contributed by atoms with Crippen LogP contribution in [0.3, 0.4) is 0 Å². The maximum atomic E-state index is 12.4. The molecule has 0 aliphatic carbocycles. The van der Waals surface area contributed by atoms with Gasteiger partial charge in [-0.1, -0.05) is 65.2 Å². The van der Waals surface area contributed by atoms with Crippen LogP contribution < -0.4 is 20.1 Å². The van der Waals surface area contributed by atoms with E-state index >= 15 is 0 Å². The lowest BCUT2D eigenvalue weighted by Gasteiger charge is -2.20. The zero-order chi connectivity index (χ0) is 23.4. The van der Waals surface area contributed by atoms with E-state index in [1.807, 2.05) is 24.3 Å². The van der Waals surface area contributed by atoms with E-state index in [0.717, 1.165) is 31.4 Å². The van der Waals surface area contributed by atoms with Gasteiger partial charge >= 0.3 is 0 Å². The van der Waals surface area contributed by atoms with Gasteiger partial charge < -0.3 is 20.1 Å². The second-order valence-electron chi connectivity index (χ2n) is 8.38. The highest BCUT2D eigenvalue weighted by atomic mass is 16.5. The van der Waals surface area contributed by atoms with Gasteiger partial charge in [0.2, 0.25) is 11.8 Å². The first-order chi connectivity index (χ1) is 15.6. The van der Waals surface area contributed by atoms with Crippen molar-refractivity contribution in [2.45, 2.75) is 96.9 Å². The van der Waals surface area contributed by atoms with E-state index in [9.17, 15) is 9.59 Å². The molecule has 0 saturated carbocycles. The van der Waals surface area contributed by atoms with Crippen molar-refractivity contribution in [3.8, 4) is 11.5 Å². The molecule has 0 aliphatic rings. The van der Waals surface area contributed by atoms with Crippen molar-refractivity contribution >= 4 is 11.8 Å². The molecule has 1 rings (SSSR count). The summed E-state index contributed by atoms with van der Waals surface area (Å²) in [4.78, 5) is 24.6. The summed E-state index contributed by atoms with van der Waals surface area (Å²) < 4.78 is 11.0. The van der Waals surface area contributed by atoms with E-state index in [1.54, 1.807) is 7.11 Å². The van der Waals surface area contributed by atoms with Crippen molar-refractivity contribution in [2.24, 2.45) is 0 Å². The van der Waals surface area contributed by atoms with Gasteiger partial charge in [0.05, 0.1) is 13.2 Å². The molecule has 0 radical (unpaired) electrons.